The van der Waals surface area contributed by atoms with Crippen molar-refractivity contribution in [1.82, 2.24) is 4.90 Å². The van der Waals surface area contributed by atoms with Crippen molar-refractivity contribution in [2.45, 2.75) is 37.6 Å². The molecule has 4 heteroatoms. The van der Waals surface area contributed by atoms with E-state index in [0.717, 1.165) is 25.7 Å². The number of urea groups is 1. The van der Waals surface area contributed by atoms with Gasteiger partial charge in [0.15, 0.2) is 0 Å². The molecule has 0 aromatic rings. The van der Waals surface area contributed by atoms with E-state index in [1.807, 2.05) is 0 Å². The number of carbonyl (C=O) groups is 1. The van der Waals surface area contributed by atoms with E-state index >= 15 is 0 Å². The molecule has 80 valence electrons. The molecule has 2 amide bonds. The van der Waals surface area contributed by atoms with Gasteiger partial charge in [-0.2, -0.15) is 4.99 Å². The molecular formula is C11H15N3O. The van der Waals surface area contributed by atoms with Gasteiger partial charge >= 0.3 is 6.03 Å². The largest absolute Gasteiger partial charge is 0.385 e. The van der Waals surface area contributed by atoms with Gasteiger partial charge in [0.1, 0.15) is 11.4 Å². The van der Waals surface area contributed by atoms with Gasteiger partial charge in [0.25, 0.3) is 0 Å². The molecule has 1 fully saturated rings. The fraction of sp³-hybridized carbons (Fsp3) is 0.636. The van der Waals surface area contributed by atoms with Crippen LogP contribution in [0.2, 0.25) is 0 Å². The average Bonchev–Trinajstić information content (AvgIpc) is 2.45. The Balaban J connectivity index is 2.30. The van der Waals surface area contributed by atoms with Crippen LogP contribution < -0.4 is 5.73 Å². The summed E-state index contributed by atoms with van der Waals surface area (Å²) >= 11 is 0. The Labute approximate surface area is 89.5 Å². The minimum Gasteiger partial charge on any atom is -0.385 e. The molecule has 1 saturated carbocycles. The van der Waals surface area contributed by atoms with Crippen molar-refractivity contribution in [3.63, 3.8) is 0 Å². The highest BCUT2D eigenvalue weighted by Crippen LogP contribution is 2.37. The van der Waals surface area contributed by atoms with E-state index in [-0.39, 0.29) is 11.6 Å². The topological polar surface area (TPSA) is 58.7 Å². The number of aliphatic imine (C=N–C) groups is 1. The van der Waals surface area contributed by atoms with Crippen LogP contribution in [0.4, 0.5) is 4.79 Å². The fourth-order valence-electron chi connectivity index (χ4n) is 2.56. The SMILES string of the molecule is C#CCN1C(=O)N=C(N)C12CCCCC2. The first-order chi connectivity index (χ1) is 7.20. The first-order valence-corrected chi connectivity index (χ1v) is 5.30. The van der Waals surface area contributed by atoms with Crippen molar-refractivity contribution in [3.05, 3.63) is 0 Å². The molecule has 4 nitrogen and oxygen atoms in total. The van der Waals surface area contributed by atoms with Gasteiger partial charge in [-0.1, -0.05) is 25.2 Å². The zero-order chi connectivity index (χ0) is 10.9. The van der Waals surface area contributed by atoms with Gasteiger partial charge in [-0.05, 0) is 12.8 Å². The Hall–Kier alpha value is -1.50. The highest BCUT2D eigenvalue weighted by Gasteiger charge is 2.48. The number of hydrogen-bond donors (Lipinski definition) is 1. The second kappa shape index (κ2) is 3.58. The summed E-state index contributed by atoms with van der Waals surface area (Å²) < 4.78 is 0. The fourth-order valence-corrected chi connectivity index (χ4v) is 2.56. The van der Waals surface area contributed by atoms with Crippen LogP contribution in [-0.4, -0.2) is 28.9 Å². The summed E-state index contributed by atoms with van der Waals surface area (Å²) in [5.41, 5.74) is 5.52. The summed E-state index contributed by atoms with van der Waals surface area (Å²) in [6.07, 6.45) is 10.4. The second-order valence-corrected chi connectivity index (χ2v) is 4.16. The van der Waals surface area contributed by atoms with Gasteiger partial charge in [-0.15, -0.1) is 6.42 Å². The molecule has 0 radical (unpaired) electrons. The minimum atomic E-state index is -0.359. The molecule has 15 heavy (non-hydrogen) atoms. The van der Waals surface area contributed by atoms with E-state index in [1.165, 1.54) is 6.42 Å². The molecule has 0 atom stereocenters. The highest BCUT2D eigenvalue weighted by molar-refractivity contribution is 6.05. The van der Waals surface area contributed by atoms with Gasteiger partial charge < -0.3 is 5.73 Å². The Morgan fingerprint density at radius 1 is 1.47 bits per heavy atom. The zero-order valence-electron chi connectivity index (χ0n) is 8.70. The zero-order valence-corrected chi connectivity index (χ0v) is 8.70. The third kappa shape index (κ3) is 1.39. The van der Waals surface area contributed by atoms with Gasteiger partial charge in [0.2, 0.25) is 0 Å². The first kappa shape index (κ1) is 10.0. The van der Waals surface area contributed by atoms with Gasteiger partial charge in [0.05, 0.1) is 6.54 Å². The number of nitrogens with zero attached hydrogens (tertiary/aromatic N) is 2. The van der Waals surface area contributed by atoms with Crippen LogP contribution in [0.25, 0.3) is 0 Å². The molecule has 1 aliphatic carbocycles. The average molecular weight is 205 g/mol. The Morgan fingerprint density at radius 3 is 2.73 bits per heavy atom. The number of rotatable bonds is 1. The maximum atomic E-state index is 11.6. The van der Waals surface area contributed by atoms with E-state index in [9.17, 15) is 4.79 Å². The van der Waals surface area contributed by atoms with Gasteiger partial charge in [-0.3, -0.25) is 4.90 Å². The lowest BCUT2D eigenvalue weighted by Crippen LogP contribution is -2.55. The number of amides is 2. The molecule has 0 bridgehead atoms. The molecule has 2 N–H and O–H groups in total. The van der Waals surface area contributed by atoms with E-state index < -0.39 is 0 Å². The lowest BCUT2D eigenvalue weighted by Gasteiger charge is -2.39. The molecule has 0 aromatic heterocycles. The van der Waals surface area contributed by atoms with Crippen LogP contribution in [0.15, 0.2) is 4.99 Å². The molecule has 0 aromatic carbocycles. The molecular weight excluding hydrogens is 190 g/mol. The van der Waals surface area contributed by atoms with E-state index in [2.05, 4.69) is 10.9 Å². The number of hydrogen-bond acceptors (Lipinski definition) is 2. The maximum Gasteiger partial charge on any atom is 0.346 e. The first-order valence-electron chi connectivity index (χ1n) is 5.30. The van der Waals surface area contributed by atoms with Crippen LogP contribution in [-0.2, 0) is 0 Å². The van der Waals surface area contributed by atoms with Crippen LogP contribution in [0.5, 0.6) is 0 Å². The molecule has 0 saturated heterocycles. The smallest absolute Gasteiger partial charge is 0.346 e. The molecule has 1 spiro atoms. The molecule has 2 aliphatic rings. The van der Waals surface area contributed by atoms with Gasteiger partial charge in [-0.25, -0.2) is 4.79 Å². The van der Waals surface area contributed by atoms with E-state index in [4.69, 9.17) is 12.2 Å². The van der Waals surface area contributed by atoms with Crippen molar-refractivity contribution in [2.24, 2.45) is 10.7 Å². The van der Waals surface area contributed by atoms with E-state index in [0.29, 0.717) is 12.4 Å². The molecule has 2 rings (SSSR count). The predicted molar refractivity (Wildman–Crippen MR) is 58.4 cm³/mol. The summed E-state index contributed by atoms with van der Waals surface area (Å²) in [7, 11) is 0. The normalized spacial score (nSPS) is 24.1. The van der Waals surface area contributed by atoms with Crippen molar-refractivity contribution in [3.8, 4) is 12.3 Å². The molecule has 0 unspecified atom stereocenters. The molecule has 1 aliphatic heterocycles. The summed E-state index contributed by atoms with van der Waals surface area (Å²) in [6, 6.07) is -0.271. The standard InChI is InChI=1S/C11H15N3O/c1-2-8-14-10(15)13-9(12)11(14)6-4-3-5-7-11/h1H,3-8H2,(H2,12,13,15). The van der Waals surface area contributed by atoms with Gasteiger partial charge in [0, 0.05) is 0 Å². The maximum absolute atomic E-state index is 11.6. The highest BCUT2D eigenvalue weighted by atomic mass is 16.2. The van der Waals surface area contributed by atoms with Crippen LogP contribution in [0.1, 0.15) is 32.1 Å². The van der Waals surface area contributed by atoms with Crippen LogP contribution >= 0.6 is 0 Å². The summed E-state index contributed by atoms with van der Waals surface area (Å²) in [5, 5.41) is 0. The number of carbonyl (C=O) groups excluding carboxylic acids is 1. The number of amidine groups is 1. The quantitative estimate of drug-likeness (QED) is 0.652. The lowest BCUT2D eigenvalue weighted by atomic mass is 9.80. The Morgan fingerprint density at radius 2 is 2.13 bits per heavy atom. The summed E-state index contributed by atoms with van der Waals surface area (Å²) in [5.74, 6) is 2.97. The number of nitrogens with two attached hydrogens (primary N) is 1. The van der Waals surface area contributed by atoms with Crippen molar-refractivity contribution in [1.29, 1.82) is 0 Å². The van der Waals surface area contributed by atoms with Crippen molar-refractivity contribution >= 4 is 11.9 Å². The van der Waals surface area contributed by atoms with E-state index in [1.54, 1.807) is 4.90 Å². The second-order valence-electron chi connectivity index (χ2n) is 4.16. The van der Waals surface area contributed by atoms with Crippen molar-refractivity contribution < 1.29 is 4.79 Å². The third-order valence-corrected chi connectivity index (χ3v) is 3.37. The minimum absolute atomic E-state index is 0.271. The summed E-state index contributed by atoms with van der Waals surface area (Å²) in [4.78, 5) is 17.1. The predicted octanol–water partition coefficient (Wildman–Crippen LogP) is 1.12. The number of terminal acetylenes is 1. The monoisotopic (exact) mass is 205 g/mol. The van der Waals surface area contributed by atoms with Crippen molar-refractivity contribution in [2.75, 3.05) is 6.54 Å². The Kier molecular flexibility index (Phi) is 2.39. The lowest BCUT2D eigenvalue weighted by molar-refractivity contribution is 0.154. The summed E-state index contributed by atoms with van der Waals surface area (Å²) in [6.45, 7) is 0.309. The molecule has 1 heterocycles. The Bertz CT molecular complexity index is 347. The third-order valence-electron chi connectivity index (χ3n) is 3.37. The van der Waals surface area contributed by atoms with Crippen LogP contribution in [0, 0.1) is 12.3 Å². The van der Waals surface area contributed by atoms with Crippen LogP contribution in [0.3, 0.4) is 0 Å².